The van der Waals surface area contributed by atoms with Crippen LogP contribution in [0.3, 0.4) is 0 Å². The summed E-state index contributed by atoms with van der Waals surface area (Å²) in [4.78, 5) is 12.1. The molecule has 0 saturated heterocycles. The number of anilines is 2. The van der Waals surface area contributed by atoms with Crippen LogP contribution in [0.5, 0.6) is 0 Å². The van der Waals surface area contributed by atoms with Crippen molar-refractivity contribution in [3.05, 3.63) is 46.1 Å². The van der Waals surface area contributed by atoms with Crippen LogP contribution in [0.25, 0.3) is 0 Å². The molecule has 2 aromatic rings. The Kier molecular flexibility index (Phi) is 6.62. The fourth-order valence-corrected chi connectivity index (χ4v) is 2.37. The molecule has 1 heterocycles. The van der Waals surface area contributed by atoms with E-state index in [0.29, 0.717) is 21.6 Å². The highest BCUT2D eigenvalue weighted by atomic mass is 35.5. The Morgan fingerprint density at radius 1 is 1.13 bits per heavy atom. The first kappa shape index (κ1) is 17.5. The van der Waals surface area contributed by atoms with Gasteiger partial charge in [0.15, 0.2) is 5.69 Å². The zero-order chi connectivity index (χ0) is 16.7. The molecule has 2 N–H and O–H groups in total. The summed E-state index contributed by atoms with van der Waals surface area (Å²) in [5.74, 6) is 0.279. The number of benzene rings is 1. The molecular weight excluding hydrogens is 335 g/mol. The van der Waals surface area contributed by atoms with E-state index in [4.69, 9.17) is 23.2 Å². The molecule has 0 atom stereocenters. The second-order valence-corrected chi connectivity index (χ2v) is 5.86. The first-order valence-corrected chi connectivity index (χ1v) is 8.19. The van der Waals surface area contributed by atoms with Gasteiger partial charge in [-0.05, 0) is 36.8 Å². The summed E-state index contributed by atoms with van der Waals surface area (Å²) in [5, 5.41) is 14.7. The Balaban J connectivity index is 1.94. The lowest BCUT2D eigenvalue weighted by atomic mass is 10.2. The van der Waals surface area contributed by atoms with E-state index in [1.807, 2.05) is 0 Å². The van der Waals surface area contributed by atoms with E-state index >= 15 is 0 Å². The van der Waals surface area contributed by atoms with Crippen molar-refractivity contribution in [3.63, 3.8) is 0 Å². The maximum absolute atomic E-state index is 12.1. The minimum Gasteiger partial charge on any atom is -0.369 e. The summed E-state index contributed by atoms with van der Waals surface area (Å²) >= 11 is 11.8. The third kappa shape index (κ3) is 5.37. The molecule has 0 aliphatic rings. The fourth-order valence-electron chi connectivity index (χ4n) is 1.92. The van der Waals surface area contributed by atoms with Gasteiger partial charge in [-0.1, -0.05) is 43.0 Å². The van der Waals surface area contributed by atoms with Gasteiger partial charge in [0, 0.05) is 11.6 Å². The number of hydrogen-bond donors (Lipinski definition) is 2. The molecule has 1 amide bonds. The predicted octanol–water partition coefficient (Wildman–Crippen LogP) is 4.64. The highest BCUT2D eigenvalue weighted by Crippen LogP contribution is 2.25. The number of carbonyl (C=O) groups is 1. The Morgan fingerprint density at radius 2 is 1.96 bits per heavy atom. The predicted molar refractivity (Wildman–Crippen MR) is 94.5 cm³/mol. The minimum atomic E-state index is -0.376. The quantitative estimate of drug-likeness (QED) is 0.712. The van der Waals surface area contributed by atoms with Crippen LogP contribution in [0.4, 0.5) is 11.5 Å². The molecule has 0 radical (unpaired) electrons. The van der Waals surface area contributed by atoms with Crippen molar-refractivity contribution in [2.75, 3.05) is 17.2 Å². The number of unbranched alkanes of at least 4 members (excludes halogenated alkanes) is 2. The highest BCUT2D eigenvalue weighted by Gasteiger charge is 2.11. The molecule has 5 nitrogen and oxygen atoms in total. The van der Waals surface area contributed by atoms with E-state index in [1.54, 1.807) is 30.3 Å². The largest absolute Gasteiger partial charge is 0.369 e. The number of halogens is 2. The summed E-state index contributed by atoms with van der Waals surface area (Å²) in [6.45, 7) is 2.99. The van der Waals surface area contributed by atoms with Crippen molar-refractivity contribution in [1.82, 2.24) is 10.2 Å². The molecule has 7 heteroatoms. The number of aromatic nitrogens is 2. The van der Waals surface area contributed by atoms with Crippen molar-refractivity contribution in [3.8, 4) is 0 Å². The smallest absolute Gasteiger partial charge is 0.276 e. The van der Waals surface area contributed by atoms with Crippen LogP contribution < -0.4 is 10.6 Å². The van der Waals surface area contributed by atoms with Crippen LogP contribution >= 0.6 is 23.2 Å². The van der Waals surface area contributed by atoms with Gasteiger partial charge in [-0.3, -0.25) is 4.79 Å². The van der Waals surface area contributed by atoms with Crippen molar-refractivity contribution in [1.29, 1.82) is 0 Å². The van der Waals surface area contributed by atoms with Gasteiger partial charge in [-0.15, -0.1) is 10.2 Å². The zero-order valence-electron chi connectivity index (χ0n) is 12.8. The highest BCUT2D eigenvalue weighted by molar-refractivity contribution is 6.36. The molecule has 122 valence electrons. The Labute approximate surface area is 145 Å². The van der Waals surface area contributed by atoms with E-state index in [-0.39, 0.29) is 11.6 Å². The number of rotatable bonds is 7. The molecule has 0 aliphatic heterocycles. The lowest BCUT2D eigenvalue weighted by Crippen LogP contribution is -2.15. The summed E-state index contributed by atoms with van der Waals surface area (Å²) < 4.78 is 0. The van der Waals surface area contributed by atoms with Gasteiger partial charge >= 0.3 is 0 Å². The summed E-state index contributed by atoms with van der Waals surface area (Å²) in [6.07, 6.45) is 3.41. The average Bonchev–Trinajstić information content (AvgIpc) is 2.55. The van der Waals surface area contributed by atoms with Crippen LogP contribution in [0.2, 0.25) is 10.0 Å². The van der Waals surface area contributed by atoms with Gasteiger partial charge in [0.05, 0.1) is 10.7 Å². The molecule has 0 saturated carbocycles. The van der Waals surface area contributed by atoms with Crippen LogP contribution in [0.15, 0.2) is 30.3 Å². The van der Waals surface area contributed by atoms with E-state index in [0.717, 1.165) is 13.0 Å². The number of nitrogens with one attached hydrogen (secondary N) is 2. The first-order valence-electron chi connectivity index (χ1n) is 7.44. The summed E-state index contributed by atoms with van der Waals surface area (Å²) in [5.41, 5.74) is 0.694. The average molecular weight is 353 g/mol. The van der Waals surface area contributed by atoms with Crippen LogP contribution in [-0.4, -0.2) is 22.6 Å². The number of nitrogens with zero attached hydrogens (tertiary/aromatic N) is 2. The Bertz CT molecular complexity index is 662. The second kappa shape index (κ2) is 8.70. The number of hydrogen-bond acceptors (Lipinski definition) is 4. The minimum absolute atomic E-state index is 0.218. The molecule has 23 heavy (non-hydrogen) atoms. The van der Waals surface area contributed by atoms with Gasteiger partial charge in [0.1, 0.15) is 5.82 Å². The van der Waals surface area contributed by atoms with E-state index in [1.165, 1.54) is 12.8 Å². The molecule has 0 unspecified atom stereocenters. The fraction of sp³-hybridized carbons (Fsp3) is 0.312. The van der Waals surface area contributed by atoms with Gasteiger partial charge in [-0.2, -0.15) is 0 Å². The third-order valence-corrected chi connectivity index (χ3v) is 3.71. The lowest BCUT2D eigenvalue weighted by molar-refractivity contribution is 0.102. The van der Waals surface area contributed by atoms with Gasteiger partial charge < -0.3 is 10.6 Å². The Morgan fingerprint density at radius 3 is 2.61 bits per heavy atom. The van der Waals surface area contributed by atoms with Crippen molar-refractivity contribution >= 4 is 40.6 Å². The summed E-state index contributed by atoms with van der Waals surface area (Å²) in [6, 6.07) is 8.21. The van der Waals surface area contributed by atoms with Crippen LogP contribution in [0.1, 0.15) is 36.7 Å². The third-order valence-electron chi connectivity index (χ3n) is 3.16. The molecule has 1 aromatic carbocycles. The van der Waals surface area contributed by atoms with E-state index < -0.39 is 0 Å². The number of carbonyl (C=O) groups excluding carboxylic acids is 1. The van der Waals surface area contributed by atoms with Crippen molar-refractivity contribution in [2.45, 2.75) is 26.2 Å². The number of amides is 1. The van der Waals surface area contributed by atoms with Gasteiger partial charge in [0.2, 0.25) is 0 Å². The topological polar surface area (TPSA) is 66.9 Å². The maximum atomic E-state index is 12.1. The van der Waals surface area contributed by atoms with Crippen LogP contribution in [0, 0.1) is 0 Å². The molecule has 0 bridgehead atoms. The summed E-state index contributed by atoms with van der Waals surface area (Å²) in [7, 11) is 0. The maximum Gasteiger partial charge on any atom is 0.276 e. The van der Waals surface area contributed by atoms with Crippen molar-refractivity contribution in [2.24, 2.45) is 0 Å². The van der Waals surface area contributed by atoms with Gasteiger partial charge in [-0.25, -0.2) is 0 Å². The monoisotopic (exact) mass is 352 g/mol. The normalized spacial score (nSPS) is 10.4. The van der Waals surface area contributed by atoms with Gasteiger partial charge in [0.25, 0.3) is 5.91 Å². The molecule has 0 fully saturated rings. The molecule has 0 spiro atoms. The Hall–Kier alpha value is -1.85. The second-order valence-electron chi connectivity index (χ2n) is 5.02. The molecule has 0 aliphatic carbocycles. The standard InChI is InChI=1S/C16H18Cl2N4O/c1-2-3-4-9-19-15-8-7-14(21-22-15)16(23)20-13-6-5-11(17)10-12(13)18/h5-8,10H,2-4,9H2,1H3,(H,19,22)(H,20,23). The van der Waals surface area contributed by atoms with E-state index in [2.05, 4.69) is 27.8 Å². The molecule has 1 aromatic heterocycles. The zero-order valence-corrected chi connectivity index (χ0v) is 14.3. The van der Waals surface area contributed by atoms with Crippen molar-refractivity contribution < 1.29 is 4.79 Å². The molecule has 2 rings (SSSR count). The lowest BCUT2D eigenvalue weighted by Gasteiger charge is -2.08. The first-order chi connectivity index (χ1) is 11.1. The van der Waals surface area contributed by atoms with Crippen LogP contribution in [-0.2, 0) is 0 Å². The molecular formula is C16H18Cl2N4O. The van der Waals surface area contributed by atoms with E-state index in [9.17, 15) is 4.79 Å². The SMILES string of the molecule is CCCCCNc1ccc(C(=O)Nc2ccc(Cl)cc2Cl)nn1.